The van der Waals surface area contributed by atoms with Gasteiger partial charge in [-0.25, -0.2) is 0 Å². The van der Waals surface area contributed by atoms with E-state index < -0.39 is 6.04 Å². The first-order valence-corrected chi connectivity index (χ1v) is 9.90. The van der Waals surface area contributed by atoms with E-state index in [1.165, 1.54) is 0 Å². The summed E-state index contributed by atoms with van der Waals surface area (Å²) in [5, 5.41) is 6.82. The number of hydrogen-bond acceptors (Lipinski definition) is 2. The minimum Gasteiger partial charge on any atom is -0.352 e. The quantitative estimate of drug-likeness (QED) is 0.547. The third-order valence-corrected chi connectivity index (χ3v) is 5.00. The molecule has 0 saturated carbocycles. The Balaban J connectivity index is 1.69. The van der Waals surface area contributed by atoms with Gasteiger partial charge in [0, 0.05) is 11.6 Å². The summed E-state index contributed by atoms with van der Waals surface area (Å²) < 4.78 is 0. The Kier molecular flexibility index (Phi) is 7.28. The summed E-state index contributed by atoms with van der Waals surface area (Å²) in [6.45, 7) is 0.385. The van der Waals surface area contributed by atoms with Gasteiger partial charge in [0.2, 0.25) is 5.91 Å². The molecule has 29 heavy (non-hydrogen) atoms. The molecular formula is C23H20Cl2N2O2. The van der Waals surface area contributed by atoms with Crippen LogP contribution in [0.3, 0.4) is 0 Å². The predicted octanol–water partition coefficient (Wildman–Crippen LogP) is 5.17. The van der Waals surface area contributed by atoms with Crippen LogP contribution in [0.15, 0.2) is 78.9 Å². The van der Waals surface area contributed by atoms with Gasteiger partial charge in [0.05, 0.1) is 23.0 Å². The van der Waals surface area contributed by atoms with Gasteiger partial charge in [0.1, 0.15) is 0 Å². The Morgan fingerprint density at radius 1 is 0.828 bits per heavy atom. The van der Waals surface area contributed by atoms with Gasteiger partial charge in [0.15, 0.2) is 0 Å². The minimum absolute atomic E-state index is 0.105. The largest absolute Gasteiger partial charge is 0.352 e. The molecule has 0 saturated heterocycles. The van der Waals surface area contributed by atoms with Crippen LogP contribution in [0.1, 0.15) is 33.9 Å². The van der Waals surface area contributed by atoms with E-state index >= 15 is 0 Å². The summed E-state index contributed by atoms with van der Waals surface area (Å²) in [6.07, 6.45) is 0.105. The highest BCUT2D eigenvalue weighted by Gasteiger charge is 2.20. The van der Waals surface area contributed by atoms with Crippen molar-refractivity contribution in [1.82, 2.24) is 10.6 Å². The molecule has 1 unspecified atom stereocenters. The lowest BCUT2D eigenvalue weighted by atomic mass is 10.0. The van der Waals surface area contributed by atoms with Gasteiger partial charge < -0.3 is 10.6 Å². The summed E-state index contributed by atoms with van der Waals surface area (Å²) in [4.78, 5) is 25.2. The first-order chi connectivity index (χ1) is 14.0. The number of rotatable bonds is 7. The highest BCUT2D eigenvalue weighted by Crippen LogP contribution is 2.20. The van der Waals surface area contributed by atoms with Crippen LogP contribution in [0.2, 0.25) is 10.0 Å². The van der Waals surface area contributed by atoms with Crippen molar-refractivity contribution in [1.29, 1.82) is 0 Å². The zero-order chi connectivity index (χ0) is 20.6. The molecule has 2 N–H and O–H groups in total. The first kappa shape index (κ1) is 20.9. The van der Waals surface area contributed by atoms with Gasteiger partial charge in [-0.05, 0) is 35.4 Å². The van der Waals surface area contributed by atoms with Crippen LogP contribution in [-0.4, -0.2) is 11.8 Å². The van der Waals surface area contributed by atoms with Gasteiger partial charge in [-0.2, -0.15) is 0 Å². The van der Waals surface area contributed by atoms with Crippen molar-refractivity contribution in [3.05, 3.63) is 106 Å². The lowest BCUT2D eigenvalue weighted by molar-refractivity contribution is -0.121. The SMILES string of the molecule is O=C(CC(NC(=O)c1ccccc1Cl)c1ccccc1)NCc1ccc(Cl)cc1. The Morgan fingerprint density at radius 3 is 2.17 bits per heavy atom. The lowest BCUT2D eigenvalue weighted by Crippen LogP contribution is -2.33. The van der Waals surface area contributed by atoms with Crippen molar-refractivity contribution >= 4 is 35.0 Å². The fourth-order valence-electron chi connectivity index (χ4n) is 2.88. The van der Waals surface area contributed by atoms with Crippen LogP contribution in [-0.2, 0) is 11.3 Å². The van der Waals surface area contributed by atoms with Crippen molar-refractivity contribution in [2.75, 3.05) is 0 Å². The molecule has 0 heterocycles. The van der Waals surface area contributed by atoms with Gasteiger partial charge >= 0.3 is 0 Å². The summed E-state index contributed by atoms with van der Waals surface area (Å²) >= 11 is 12.0. The number of carbonyl (C=O) groups excluding carboxylic acids is 2. The average molecular weight is 427 g/mol. The first-order valence-electron chi connectivity index (χ1n) is 9.14. The molecule has 0 bridgehead atoms. The lowest BCUT2D eigenvalue weighted by Gasteiger charge is -2.19. The molecule has 0 aliphatic carbocycles. The molecular weight excluding hydrogens is 407 g/mol. The van der Waals surface area contributed by atoms with E-state index in [4.69, 9.17) is 23.2 Å². The Morgan fingerprint density at radius 2 is 1.48 bits per heavy atom. The second-order valence-electron chi connectivity index (χ2n) is 6.52. The number of carbonyl (C=O) groups is 2. The van der Waals surface area contributed by atoms with E-state index in [1.807, 2.05) is 42.5 Å². The van der Waals surface area contributed by atoms with Crippen molar-refractivity contribution in [2.45, 2.75) is 19.0 Å². The number of benzene rings is 3. The van der Waals surface area contributed by atoms with E-state index in [1.54, 1.807) is 36.4 Å². The van der Waals surface area contributed by atoms with Gasteiger partial charge in [-0.1, -0.05) is 77.8 Å². The Bertz CT molecular complexity index is 976. The van der Waals surface area contributed by atoms with Crippen LogP contribution < -0.4 is 10.6 Å². The maximum absolute atomic E-state index is 12.7. The van der Waals surface area contributed by atoms with E-state index in [9.17, 15) is 9.59 Å². The molecule has 4 nitrogen and oxygen atoms in total. The van der Waals surface area contributed by atoms with Crippen molar-refractivity contribution < 1.29 is 9.59 Å². The zero-order valence-corrected chi connectivity index (χ0v) is 17.1. The Hall–Kier alpha value is -2.82. The van der Waals surface area contributed by atoms with E-state index in [0.717, 1.165) is 11.1 Å². The third-order valence-electron chi connectivity index (χ3n) is 4.42. The molecule has 0 aliphatic rings. The average Bonchev–Trinajstić information content (AvgIpc) is 2.74. The normalized spacial score (nSPS) is 11.5. The van der Waals surface area contributed by atoms with Gasteiger partial charge in [0.25, 0.3) is 5.91 Å². The zero-order valence-electron chi connectivity index (χ0n) is 15.6. The predicted molar refractivity (Wildman–Crippen MR) is 116 cm³/mol. The highest BCUT2D eigenvalue weighted by molar-refractivity contribution is 6.33. The van der Waals surface area contributed by atoms with Crippen molar-refractivity contribution in [3.63, 3.8) is 0 Å². The maximum atomic E-state index is 12.7. The Labute approximate surface area is 179 Å². The molecule has 2 amide bonds. The topological polar surface area (TPSA) is 58.2 Å². The molecule has 0 spiro atoms. The second kappa shape index (κ2) is 10.1. The van der Waals surface area contributed by atoms with Gasteiger partial charge in [-0.15, -0.1) is 0 Å². The van der Waals surface area contributed by atoms with E-state index in [-0.39, 0.29) is 18.2 Å². The fourth-order valence-corrected chi connectivity index (χ4v) is 3.23. The number of nitrogens with one attached hydrogen (secondary N) is 2. The van der Waals surface area contributed by atoms with Crippen LogP contribution in [0.25, 0.3) is 0 Å². The maximum Gasteiger partial charge on any atom is 0.253 e. The fraction of sp³-hybridized carbons (Fsp3) is 0.130. The number of amides is 2. The monoisotopic (exact) mass is 426 g/mol. The smallest absolute Gasteiger partial charge is 0.253 e. The van der Waals surface area contributed by atoms with Crippen LogP contribution in [0.5, 0.6) is 0 Å². The molecule has 0 aromatic heterocycles. The molecule has 6 heteroatoms. The summed E-state index contributed by atoms with van der Waals surface area (Å²) in [6, 6.07) is 23.0. The molecule has 3 aromatic carbocycles. The van der Waals surface area contributed by atoms with Gasteiger partial charge in [-0.3, -0.25) is 9.59 Å². The number of hydrogen-bond donors (Lipinski definition) is 2. The minimum atomic E-state index is -0.481. The van der Waals surface area contributed by atoms with Crippen molar-refractivity contribution in [3.8, 4) is 0 Å². The summed E-state index contributed by atoms with van der Waals surface area (Å²) in [5.41, 5.74) is 2.16. The third kappa shape index (κ3) is 6.08. The molecule has 148 valence electrons. The summed E-state index contributed by atoms with van der Waals surface area (Å²) in [7, 11) is 0. The standard InChI is InChI=1S/C23H20Cl2N2O2/c24-18-12-10-16(11-13-18)15-26-22(28)14-21(17-6-2-1-3-7-17)27-23(29)19-8-4-5-9-20(19)25/h1-13,21H,14-15H2,(H,26,28)(H,27,29). The molecule has 3 rings (SSSR count). The van der Waals surface area contributed by atoms with Crippen LogP contribution >= 0.6 is 23.2 Å². The molecule has 0 aliphatic heterocycles. The highest BCUT2D eigenvalue weighted by atomic mass is 35.5. The van der Waals surface area contributed by atoms with Crippen molar-refractivity contribution in [2.24, 2.45) is 0 Å². The second-order valence-corrected chi connectivity index (χ2v) is 7.37. The molecule has 0 radical (unpaired) electrons. The molecule has 0 fully saturated rings. The van der Waals surface area contributed by atoms with Crippen LogP contribution in [0, 0.1) is 0 Å². The summed E-state index contributed by atoms with van der Waals surface area (Å²) in [5.74, 6) is -0.497. The molecule has 3 aromatic rings. The van der Waals surface area contributed by atoms with E-state index in [2.05, 4.69) is 10.6 Å². The van der Waals surface area contributed by atoms with E-state index in [0.29, 0.717) is 22.2 Å². The number of halogens is 2. The molecule has 1 atom stereocenters. The van der Waals surface area contributed by atoms with Crippen LogP contribution in [0.4, 0.5) is 0 Å².